The van der Waals surface area contributed by atoms with Crippen molar-refractivity contribution in [3.8, 4) is 11.1 Å². The first-order valence-corrected chi connectivity index (χ1v) is 11.3. The molecular formula is C27H24ClN5O. The smallest absolute Gasteiger partial charge is 0.258 e. The largest absolute Gasteiger partial charge is 0.336 e. The standard InChI is InChI=1S/C27H24ClN5O/c1-17-7-8-21(14-31-17)27(29,25-15-30-16-32(25)2)20-9-10-24-19(11-20)13-23(26(34)33(24)3)18-5-4-6-22(28)12-18/h4-16H,29H2,1-3H3. The van der Waals surface area contributed by atoms with Crippen LogP contribution in [0.1, 0.15) is 22.5 Å². The van der Waals surface area contributed by atoms with E-state index in [2.05, 4.69) is 9.97 Å². The van der Waals surface area contributed by atoms with Crippen LogP contribution in [0.5, 0.6) is 0 Å². The van der Waals surface area contributed by atoms with Crippen LogP contribution in [0.4, 0.5) is 0 Å². The minimum absolute atomic E-state index is 0.0871. The number of benzene rings is 2. The van der Waals surface area contributed by atoms with E-state index in [0.717, 1.165) is 39.0 Å². The lowest BCUT2D eigenvalue weighted by atomic mass is 9.81. The van der Waals surface area contributed by atoms with E-state index in [4.69, 9.17) is 17.3 Å². The molecular weight excluding hydrogens is 446 g/mol. The summed E-state index contributed by atoms with van der Waals surface area (Å²) < 4.78 is 3.58. The summed E-state index contributed by atoms with van der Waals surface area (Å²) in [5, 5.41) is 1.48. The third-order valence-electron chi connectivity index (χ3n) is 6.40. The minimum atomic E-state index is -0.995. The fraction of sp³-hybridized carbons (Fsp3) is 0.148. The molecule has 0 fully saturated rings. The van der Waals surface area contributed by atoms with Gasteiger partial charge in [-0.25, -0.2) is 4.98 Å². The lowest BCUT2D eigenvalue weighted by molar-refractivity contribution is 0.594. The van der Waals surface area contributed by atoms with E-state index in [1.807, 2.05) is 73.3 Å². The van der Waals surface area contributed by atoms with Gasteiger partial charge >= 0.3 is 0 Å². The molecule has 2 aromatic carbocycles. The number of aryl methyl sites for hydroxylation is 3. The lowest BCUT2D eigenvalue weighted by Gasteiger charge is -2.31. The average molecular weight is 470 g/mol. The van der Waals surface area contributed by atoms with Crippen molar-refractivity contribution in [1.82, 2.24) is 19.1 Å². The Hall–Kier alpha value is -3.74. The van der Waals surface area contributed by atoms with E-state index in [9.17, 15) is 4.79 Å². The molecule has 0 spiro atoms. The third kappa shape index (κ3) is 3.52. The van der Waals surface area contributed by atoms with Crippen LogP contribution >= 0.6 is 11.6 Å². The van der Waals surface area contributed by atoms with Crippen LogP contribution in [0, 0.1) is 6.92 Å². The SMILES string of the molecule is Cc1ccc(C(N)(c2ccc3c(c2)cc(-c2cccc(Cl)c2)c(=O)n3C)c2cncn2C)cn1. The molecule has 2 N–H and O–H groups in total. The molecule has 0 bridgehead atoms. The van der Waals surface area contributed by atoms with E-state index in [-0.39, 0.29) is 5.56 Å². The molecule has 0 saturated heterocycles. The molecule has 1 atom stereocenters. The van der Waals surface area contributed by atoms with Gasteiger partial charge in [0.25, 0.3) is 5.56 Å². The molecule has 170 valence electrons. The van der Waals surface area contributed by atoms with Crippen molar-refractivity contribution >= 4 is 22.5 Å². The van der Waals surface area contributed by atoms with E-state index in [0.29, 0.717) is 10.6 Å². The van der Waals surface area contributed by atoms with Crippen LogP contribution in [0.2, 0.25) is 5.02 Å². The molecule has 34 heavy (non-hydrogen) atoms. The second-order valence-corrected chi connectivity index (χ2v) is 9.03. The Kier molecular flexibility index (Phi) is 5.35. The highest BCUT2D eigenvalue weighted by Crippen LogP contribution is 2.35. The number of halogens is 1. The summed E-state index contributed by atoms with van der Waals surface area (Å²) in [7, 11) is 3.70. The summed E-state index contributed by atoms with van der Waals surface area (Å²) in [6.45, 7) is 1.94. The maximum absolute atomic E-state index is 13.1. The summed E-state index contributed by atoms with van der Waals surface area (Å²) in [5.41, 5.74) is 11.7. The molecule has 5 rings (SSSR count). The molecule has 0 aliphatic carbocycles. The van der Waals surface area contributed by atoms with Gasteiger partial charge < -0.3 is 14.9 Å². The van der Waals surface area contributed by atoms with Crippen molar-refractivity contribution in [2.24, 2.45) is 19.8 Å². The molecule has 3 aromatic heterocycles. The Morgan fingerprint density at radius 2 is 1.76 bits per heavy atom. The molecule has 5 aromatic rings. The third-order valence-corrected chi connectivity index (χ3v) is 6.64. The Labute approximate surface area is 202 Å². The van der Waals surface area contributed by atoms with Gasteiger partial charge in [0, 0.05) is 42.1 Å². The van der Waals surface area contributed by atoms with E-state index < -0.39 is 5.54 Å². The first kappa shape index (κ1) is 22.1. The van der Waals surface area contributed by atoms with Crippen molar-refractivity contribution in [1.29, 1.82) is 0 Å². The van der Waals surface area contributed by atoms with Crippen LogP contribution in [-0.4, -0.2) is 19.1 Å². The first-order chi connectivity index (χ1) is 16.3. The summed E-state index contributed by atoms with van der Waals surface area (Å²) in [5.74, 6) is 0. The van der Waals surface area contributed by atoms with Gasteiger partial charge in [0.05, 0.1) is 23.7 Å². The summed E-state index contributed by atoms with van der Waals surface area (Å²) in [6, 6.07) is 19.1. The zero-order valence-electron chi connectivity index (χ0n) is 19.2. The van der Waals surface area contributed by atoms with E-state index in [1.165, 1.54) is 0 Å². The highest BCUT2D eigenvalue weighted by Gasteiger charge is 2.35. The number of aromatic nitrogens is 4. The van der Waals surface area contributed by atoms with Gasteiger partial charge in [-0.05, 0) is 59.8 Å². The molecule has 0 amide bonds. The highest BCUT2D eigenvalue weighted by atomic mass is 35.5. The van der Waals surface area contributed by atoms with Crippen molar-refractivity contribution in [2.75, 3.05) is 0 Å². The van der Waals surface area contributed by atoms with Crippen molar-refractivity contribution in [3.05, 3.63) is 117 Å². The zero-order chi connectivity index (χ0) is 24.0. The molecule has 3 heterocycles. The average Bonchev–Trinajstić information content (AvgIpc) is 3.27. The van der Waals surface area contributed by atoms with Crippen LogP contribution in [0.25, 0.3) is 22.0 Å². The van der Waals surface area contributed by atoms with E-state index in [1.54, 1.807) is 36.3 Å². The predicted octanol–water partition coefficient (Wildman–Crippen LogP) is 4.55. The number of nitrogens with two attached hydrogens (primary N) is 1. The maximum atomic E-state index is 13.1. The predicted molar refractivity (Wildman–Crippen MR) is 136 cm³/mol. The van der Waals surface area contributed by atoms with Gasteiger partial charge in [-0.2, -0.15) is 0 Å². The van der Waals surface area contributed by atoms with Gasteiger partial charge in [-0.1, -0.05) is 35.9 Å². The Morgan fingerprint density at radius 1 is 0.971 bits per heavy atom. The quantitative estimate of drug-likeness (QED) is 0.419. The number of hydrogen-bond donors (Lipinski definition) is 1. The molecule has 0 radical (unpaired) electrons. The first-order valence-electron chi connectivity index (χ1n) is 10.9. The van der Waals surface area contributed by atoms with Crippen molar-refractivity contribution in [3.63, 3.8) is 0 Å². The molecule has 0 saturated carbocycles. The van der Waals surface area contributed by atoms with Crippen molar-refractivity contribution in [2.45, 2.75) is 12.5 Å². The zero-order valence-corrected chi connectivity index (χ0v) is 19.9. The molecule has 0 aliphatic heterocycles. The summed E-state index contributed by atoms with van der Waals surface area (Å²) in [4.78, 5) is 21.9. The Morgan fingerprint density at radius 3 is 2.44 bits per heavy atom. The lowest BCUT2D eigenvalue weighted by Crippen LogP contribution is -2.41. The number of rotatable bonds is 4. The van der Waals surface area contributed by atoms with Crippen LogP contribution in [0.3, 0.4) is 0 Å². The van der Waals surface area contributed by atoms with E-state index >= 15 is 0 Å². The van der Waals surface area contributed by atoms with Crippen LogP contribution in [0.15, 0.2) is 84.2 Å². The summed E-state index contributed by atoms with van der Waals surface area (Å²) in [6.07, 6.45) is 5.33. The second-order valence-electron chi connectivity index (χ2n) is 8.59. The van der Waals surface area contributed by atoms with Crippen LogP contribution < -0.4 is 11.3 Å². The molecule has 6 nitrogen and oxygen atoms in total. The van der Waals surface area contributed by atoms with Crippen molar-refractivity contribution < 1.29 is 0 Å². The molecule has 1 unspecified atom stereocenters. The van der Waals surface area contributed by atoms with Gasteiger partial charge in [0.15, 0.2) is 0 Å². The monoisotopic (exact) mass is 469 g/mol. The minimum Gasteiger partial charge on any atom is -0.336 e. The number of nitrogens with zero attached hydrogens (tertiary/aromatic N) is 4. The number of fused-ring (bicyclic) bond motifs is 1. The highest BCUT2D eigenvalue weighted by molar-refractivity contribution is 6.30. The maximum Gasteiger partial charge on any atom is 0.258 e. The fourth-order valence-corrected chi connectivity index (χ4v) is 4.68. The van der Waals surface area contributed by atoms with Crippen LogP contribution in [-0.2, 0) is 19.6 Å². The Balaban J connectivity index is 1.78. The summed E-state index contributed by atoms with van der Waals surface area (Å²) >= 11 is 6.20. The van der Waals surface area contributed by atoms with Gasteiger partial charge in [0.1, 0.15) is 5.54 Å². The molecule has 0 aliphatic rings. The van der Waals surface area contributed by atoms with Gasteiger partial charge in [-0.15, -0.1) is 0 Å². The number of hydrogen-bond acceptors (Lipinski definition) is 4. The van der Waals surface area contributed by atoms with Gasteiger partial charge in [0.2, 0.25) is 0 Å². The second kappa shape index (κ2) is 8.24. The Bertz CT molecular complexity index is 1590. The number of pyridine rings is 2. The normalized spacial score (nSPS) is 13.2. The molecule has 7 heteroatoms. The fourth-order valence-electron chi connectivity index (χ4n) is 4.49. The number of imidazole rings is 1. The van der Waals surface area contributed by atoms with Gasteiger partial charge in [-0.3, -0.25) is 9.78 Å². The topological polar surface area (TPSA) is 78.7 Å².